The summed E-state index contributed by atoms with van der Waals surface area (Å²) in [6.07, 6.45) is 4.42. The quantitative estimate of drug-likeness (QED) is 0.692. The number of hydrogen-bond donors (Lipinski definition) is 1. The Morgan fingerprint density at radius 2 is 1.96 bits per heavy atom. The lowest BCUT2D eigenvalue weighted by molar-refractivity contribution is 0.0777. The standard InChI is InChI=1S/C22H20N2O3S/c1-15-14-19(23-21(25)18-8-5-13-27-18)28-20(15)22(26)24-11-9-17(10-12-24)16-6-3-2-4-7-16/h2-9,13-14H,10-12H2,1H3,(H,23,25). The van der Waals surface area contributed by atoms with Crippen LogP contribution in [-0.4, -0.2) is 29.8 Å². The first-order valence-corrected chi connectivity index (χ1v) is 9.92. The minimum Gasteiger partial charge on any atom is -0.459 e. The van der Waals surface area contributed by atoms with Gasteiger partial charge in [-0.15, -0.1) is 11.3 Å². The van der Waals surface area contributed by atoms with Crippen LogP contribution in [-0.2, 0) is 0 Å². The summed E-state index contributed by atoms with van der Waals surface area (Å²) in [5.74, 6) is -0.0726. The summed E-state index contributed by atoms with van der Waals surface area (Å²) in [5.41, 5.74) is 3.35. The van der Waals surface area contributed by atoms with Gasteiger partial charge in [-0.05, 0) is 48.2 Å². The number of hydrogen-bond acceptors (Lipinski definition) is 4. The number of furan rings is 1. The molecule has 1 aliphatic heterocycles. The fourth-order valence-corrected chi connectivity index (χ4v) is 4.28. The van der Waals surface area contributed by atoms with Crippen molar-refractivity contribution in [3.63, 3.8) is 0 Å². The molecule has 6 heteroatoms. The molecule has 1 aromatic carbocycles. The molecular formula is C22H20N2O3S. The van der Waals surface area contributed by atoms with Crippen molar-refractivity contribution in [2.75, 3.05) is 18.4 Å². The first-order valence-electron chi connectivity index (χ1n) is 9.11. The van der Waals surface area contributed by atoms with Crippen LogP contribution in [0.4, 0.5) is 5.00 Å². The predicted molar refractivity (Wildman–Crippen MR) is 111 cm³/mol. The Morgan fingerprint density at radius 3 is 2.64 bits per heavy atom. The second-order valence-corrected chi connectivity index (χ2v) is 7.70. The van der Waals surface area contributed by atoms with Crippen LogP contribution >= 0.6 is 11.3 Å². The van der Waals surface area contributed by atoms with Crippen molar-refractivity contribution in [2.24, 2.45) is 0 Å². The van der Waals surface area contributed by atoms with Gasteiger partial charge in [0.05, 0.1) is 16.1 Å². The zero-order valence-electron chi connectivity index (χ0n) is 15.5. The molecule has 0 bridgehead atoms. The lowest BCUT2D eigenvalue weighted by Gasteiger charge is -2.26. The van der Waals surface area contributed by atoms with E-state index in [4.69, 9.17) is 4.42 Å². The molecule has 2 amide bonds. The number of carbonyl (C=O) groups excluding carboxylic acids is 2. The number of aryl methyl sites for hydroxylation is 1. The fraction of sp³-hybridized carbons (Fsp3) is 0.182. The first-order chi connectivity index (χ1) is 13.6. The highest BCUT2D eigenvalue weighted by Crippen LogP contribution is 2.30. The lowest BCUT2D eigenvalue weighted by Crippen LogP contribution is -2.34. The molecule has 0 spiro atoms. The third-order valence-electron chi connectivity index (χ3n) is 4.73. The van der Waals surface area contributed by atoms with E-state index in [1.165, 1.54) is 28.7 Å². The average Bonchev–Trinajstić information content (AvgIpc) is 3.38. The molecule has 0 radical (unpaired) electrons. The third-order valence-corrected chi connectivity index (χ3v) is 5.88. The van der Waals surface area contributed by atoms with Gasteiger partial charge in [0.15, 0.2) is 5.76 Å². The van der Waals surface area contributed by atoms with Gasteiger partial charge in [-0.3, -0.25) is 9.59 Å². The van der Waals surface area contributed by atoms with E-state index in [0.717, 1.165) is 12.0 Å². The van der Waals surface area contributed by atoms with Crippen LogP contribution in [0, 0.1) is 6.92 Å². The molecule has 1 N–H and O–H groups in total. The van der Waals surface area contributed by atoms with Crippen molar-refractivity contribution in [3.8, 4) is 0 Å². The maximum atomic E-state index is 13.0. The van der Waals surface area contributed by atoms with Crippen molar-refractivity contribution in [2.45, 2.75) is 13.3 Å². The fourth-order valence-electron chi connectivity index (χ4n) is 3.25. The highest BCUT2D eigenvalue weighted by Gasteiger charge is 2.23. The van der Waals surface area contributed by atoms with Crippen molar-refractivity contribution in [1.29, 1.82) is 0 Å². The molecular weight excluding hydrogens is 372 g/mol. The second-order valence-electron chi connectivity index (χ2n) is 6.65. The highest BCUT2D eigenvalue weighted by atomic mass is 32.1. The molecule has 1 aliphatic rings. The number of benzene rings is 1. The van der Waals surface area contributed by atoms with Crippen LogP contribution in [0.25, 0.3) is 5.57 Å². The van der Waals surface area contributed by atoms with Gasteiger partial charge in [-0.25, -0.2) is 0 Å². The van der Waals surface area contributed by atoms with Crippen LogP contribution in [0.15, 0.2) is 65.3 Å². The summed E-state index contributed by atoms with van der Waals surface area (Å²) in [6, 6.07) is 15.4. The zero-order valence-corrected chi connectivity index (χ0v) is 16.3. The van der Waals surface area contributed by atoms with Gasteiger partial charge in [-0.1, -0.05) is 36.4 Å². The van der Waals surface area contributed by atoms with Crippen molar-refractivity contribution in [1.82, 2.24) is 4.90 Å². The number of carbonyl (C=O) groups is 2. The van der Waals surface area contributed by atoms with Crippen LogP contribution in [0.3, 0.4) is 0 Å². The van der Waals surface area contributed by atoms with Crippen LogP contribution < -0.4 is 5.32 Å². The largest absolute Gasteiger partial charge is 0.459 e. The number of nitrogens with one attached hydrogen (secondary N) is 1. The van der Waals surface area contributed by atoms with E-state index in [1.807, 2.05) is 36.1 Å². The molecule has 0 aliphatic carbocycles. The van der Waals surface area contributed by atoms with Crippen molar-refractivity contribution < 1.29 is 14.0 Å². The molecule has 3 heterocycles. The van der Waals surface area contributed by atoms with Gasteiger partial charge >= 0.3 is 0 Å². The molecule has 5 nitrogen and oxygen atoms in total. The Hall–Kier alpha value is -3.12. The summed E-state index contributed by atoms with van der Waals surface area (Å²) in [7, 11) is 0. The molecule has 4 rings (SSSR count). The summed E-state index contributed by atoms with van der Waals surface area (Å²) >= 11 is 1.30. The molecule has 0 unspecified atom stereocenters. The molecule has 0 saturated heterocycles. The lowest BCUT2D eigenvalue weighted by atomic mass is 9.99. The normalized spacial score (nSPS) is 13.9. The molecule has 0 saturated carbocycles. The van der Waals surface area contributed by atoms with Crippen LogP contribution in [0.2, 0.25) is 0 Å². The minimum absolute atomic E-state index is 0.00404. The minimum atomic E-state index is -0.321. The van der Waals surface area contributed by atoms with Gasteiger partial charge in [0.25, 0.3) is 11.8 Å². The number of thiophene rings is 1. The van der Waals surface area contributed by atoms with Crippen molar-refractivity contribution in [3.05, 3.63) is 82.6 Å². The van der Waals surface area contributed by atoms with Gasteiger partial charge in [-0.2, -0.15) is 0 Å². The Bertz CT molecular complexity index is 1020. The Kier molecular flexibility index (Phi) is 5.12. The van der Waals surface area contributed by atoms with Gasteiger partial charge in [0, 0.05) is 13.1 Å². The molecule has 142 valence electrons. The Morgan fingerprint density at radius 1 is 1.14 bits per heavy atom. The number of amides is 2. The molecule has 0 fully saturated rings. The van der Waals surface area contributed by atoms with E-state index in [0.29, 0.717) is 23.0 Å². The molecule has 0 atom stereocenters. The maximum absolute atomic E-state index is 13.0. The Balaban J connectivity index is 1.45. The molecule has 2 aromatic heterocycles. The smallest absolute Gasteiger partial charge is 0.291 e. The summed E-state index contributed by atoms with van der Waals surface area (Å²) < 4.78 is 5.10. The Labute approximate surface area is 167 Å². The van der Waals surface area contributed by atoms with E-state index in [9.17, 15) is 9.59 Å². The zero-order chi connectivity index (χ0) is 19.5. The van der Waals surface area contributed by atoms with E-state index < -0.39 is 0 Å². The van der Waals surface area contributed by atoms with Gasteiger partial charge in [0.2, 0.25) is 0 Å². The van der Waals surface area contributed by atoms with E-state index >= 15 is 0 Å². The topological polar surface area (TPSA) is 62.6 Å². The summed E-state index contributed by atoms with van der Waals surface area (Å²) in [5, 5.41) is 3.43. The number of anilines is 1. The third kappa shape index (κ3) is 3.77. The predicted octanol–water partition coefficient (Wildman–Crippen LogP) is 4.83. The van der Waals surface area contributed by atoms with Crippen LogP contribution in [0.5, 0.6) is 0 Å². The molecule has 3 aromatic rings. The van der Waals surface area contributed by atoms with Crippen molar-refractivity contribution >= 4 is 33.7 Å². The molecule has 28 heavy (non-hydrogen) atoms. The van der Waals surface area contributed by atoms with Gasteiger partial charge in [0.1, 0.15) is 0 Å². The monoisotopic (exact) mass is 392 g/mol. The number of nitrogens with zero attached hydrogens (tertiary/aromatic N) is 1. The number of rotatable bonds is 4. The average molecular weight is 392 g/mol. The van der Waals surface area contributed by atoms with E-state index in [1.54, 1.807) is 12.1 Å². The highest BCUT2D eigenvalue weighted by molar-refractivity contribution is 7.18. The summed E-state index contributed by atoms with van der Waals surface area (Å²) in [6.45, 7) is 3.17. The second kappa shape index (κ2) is 7.86. The summed E-state index contributed by atoms with van der Waals surface area (Å²) in [4.78, 5) is 27.6. The first kappa shape index (κ1) is 18.3. The van der Waals surface area contributed by atoms with E-state index in [2.05, 4.69) is 23.5 Å². The van der Waals surface area contributed by atoms with Crippen LogP contribution in [0.1, 0.15) is 37.8 Å². The maximum Gasteiger partial charge on any atom is 0.291 e. The van der Waals surface area contributed by atoms with Gasteiger partial charge < -0.3 is 14.6 Å². The SMILES string of the molecule is Cc1cc(NC(=O)c2ccco2)sc1C(=O)N1CC=C(c2ccccc2)CC1. The van der Waals surface area contributed by atoms with E-state index in [-0.39, 0.29) is 17.6 Å².